The van der Waals surface area contributed by atoms with Crippen molar-refractivity contribution in [2.24, 2.45) is 0 Å². The summed E-state index contributed by atoms with van der Waals surface area (Å²) < 4.78 is 0. The van der Waals surface area contributed by atoms with Crippen molar-refractivity contribution in [2.45, 2.75) is 27.2 Å². The Kier molecular flexibility index (Phi) is 6.80. The SMILES string of the molecule is CCN(CC)CCCNc1nc(NC)nc(C)c1[N+](=O)[O-]. The third-order valence-corrected chi connectivity index (χ3v) is 3.30. The molecule has 0 atom stereocenters. The lowest BCUT2D eigenvalue weighted by Crippen LogP contribution is -2.25. The summed E-state index contributed by atoms with van der Waals surface area (Å²) in [5, 5.41) is 17.0. The molecular formula is C13H24N6O2. The van der Waals surface area contributed by atoms with Gasteiger partial charge in [-0.05, 0) is 33.0 Å². The first-order chi connectivity index (χ1) is 10.0. The van der Waals surface area contributed by atoms with Gasteiger partial charge in [-0.1, -0.05) is 13.8 Å². The quantitative estimate of drug-likeness (QED) is 0.408. The lowest BCUT2D eigenvalue weighted by atomic mass is 10.3. The van der Waals surface area contributed by atoms with Crippen molar-refractivity contribution in [1.29, 1.82) is 0 Å². The van der Waals surface area contributed by atoms with E-state index in [4.69, 9.17) is 0 Å². The van der Waals surface area contributed by atoms with Gasteiger partial charge in [0.1, 0.15) is 5.69 Å². The van der Waals surface area contributed by atoms with Crippen LogP contribution in [0.25, 0.3) is 0 Å². The molecule has 0 saturated heterocycles. The molecule has 21 heavy (non-hydrogen) atoms. The lowest BCUT2D eigenvalue weighted by molar-refractivity contribution is -0.385. The molecule has 0 radical (unpaired) electrons. The van der Waals surface area contributed by atoms with Crippen LogP contribution in [0, 0.1) is 17.0 Å². The molecule has 0 unspecified atom stereocenters. The first-order valence-corrected chi connectivity index (χ1v) is 7.20. The van der Waals surface area contributed by atoms with E-state index in [2.05, 4.69) is 39.3 Å². The van der Waals surface area contributed by atoms with Crippen molar-refractivity contribution >= 4 is 17.5 Å². The van der Waals surface area contributed by atoms with Gasteiger partial charge in [-0.15, -0.1) is 0 Å². The van der Waals surface area contributed by atoms with Gasteiger partial charge in [-0.3, -0.25) is 10.1 Å². The first kappa shape index (κ1) is 17.1. The second-order valence-corrected chi connectivity index (χ2v) is 4.64. The summed E-state index contributed by atoms with van der Waals surface area (Å²) in [4.78, 5) is 21.2. The first-order valence-electron chi connectivity index (χ1n) is 7.20. The average molecular weight is 296 g/mol. The predicted molar refractivity (Wildman–Crippen MR) is 83.9 cm³/mol. The Hall–Kier alpha value is -1.96. The third-order valence-electron chi connectivity index (χ3n) is 3.30. The van der Waals surface area contributed by atoms with Crippen molar-refractivity contribution in [2.75, 3.05) is 43.9 Å². The molecule has 0 bridgehead atoms. The fraction of sp³-hybridized carbons (Fsp3) is 0.692. The number of aromatic nitrogens is 2. The monoisotopic (exact) mass is 296 g/mol. The molecule has 0 fully saturated rings. The predicted octanol–water partition coefficient (Wildman–Crippen LogP) is 1.88. The maximum atomic E-state index is 11.1. The van der Waals surface area contributed by atoms with Gasteiger partial charge in [0.05, 0.1) is 4.92 Å². The molecule has 1 aromatic rings. The Balaban J connectivity index is 2.73. The second-order valence-electron chi connectivity index (χ2n) is 4.64. The van der Waals surface area contributed by atoms with Gasteiger partial charge < -0.3 is 15.5 Å². The fourth-order valence-corrected chi connectivity index (χ4v) is 2.07. The van der Waals surface area contributed by atoms with Gasteiger partial charge in [-0.25, -0.2) is 4.98 Å². The molecule has 0 aliphatic carbocycles. The van der Waals surface area contributed by atoms with Gasteiger partial charge in [0, 0.05) is 13.6 Å². The van der Waals surface area contributed by atoms with Crippen molar-refractivity contribution in [3.05, 3.63) is 15.8 Å². The average Bonchev–Trinajstić information content (AvgIpc) is 2.46. The summed E-state index contributed by atoms with van der Waals surface area (Å²) in [6, 6.07) is 0. The van der Waals surface area contributed by atoms with Crippen LogP contribution in [0.1, 0.15) is 26.0 Å². The van der Waals surface area contributed by atoms with Gasteiger partial charge in [-0.2, -0.15) is 4.98 Å². The second kappa shape index (κ2) is 8.35. The number of nitrogens with zero attached hydrogens (tertiary/aromatic N) is 4. The summed E-state index contributed by atoms with van der Waals surface area (Å²) in [6.45, 7) is 9.46. The molecule has 1 heterocycles. The number of hydrogen-bond acceptors (Lipinski definition) is 7. The van der Waals surface area contributed by atoms with Gasteiger partial charge >= 0.3 is 5.69 Å². The van der Waals surface area contributed by atoms with E-state index in [0.29, 0.717) is 18.2 Å². The highest BCUT2D eigenvalue weighted by Gasteiger charge is 2.21. The van der Waals surface area contributed by atoms with E-state index in [9.17, 15) is 10.1 Å². The molecule has 2 N–H and O–H groups in total. The molecule has 0 aliphatic rings. The van der Waals surface area contributed by atoms with Crippen LogP contribution >= 0.6 is 0 Å². The minimum Gasteiger partial charge on any atom is -0.364 e. The van der Waals surface area contributed by atoms with Crippen LogP contribution in [-0.4, -0.2) is 53.0 Å². The summed E-state index contributed by atoms with van der Waals surface area (Å²) in [7, 11) is 1.69. The van der Waals surface area contributed by atoms with Gasteiger partial charge in [0.25, 0.3) is 0 Å². The number of aryl methyl sites for hydroxylation is 1. The van der Waals surface area contributed by atoms with Crippen LogP contribution in [0.5, 0.6) is 0 Å². The number of nitro groups is 1. The van der Waals surface area contributed by atoms with Crippen molar-refractivity contribution in [3.63, 3.8) is 0 Å². The maximum absolute atomic E-state index is 11.1. The summed E-state index contributed by atoms with van der Waals surface area (Å²) in [5.41, 5.74) is 0.294. The van der Waals surface area contributed by atoms with Gasteiger partial charge in [0.15, 0.2) is 0 Å². The fourth-order valence-electron chi connectivity index (χ4n) is 2.07. The largest absolute Gasteiger partial charge is 0.364 e. The van der Waals surface area contributed by atoms with Crippen molar-refractivity contribution in [1.82, 2.24) is 14.9 Å². The summed E-state index contributed by atoms with van der Waals surface area (Å²) in [6.07, 6.45) is 0.900. The molecule has 1 aromatic heterocycles. The Morgan fingerprint density at radius 3 is 2.48 bits per heavy atom. The molecule has 0 aromatic carbocycles. The van der Waals surface area contributed by atoms with Crippen LogP contribution in [0.2, 0.25) is 0 Å². The Labute approximate surface area is 125 Å². The number of rotatable bonds is 9. The number of anilines is 2. The zero-order chi connectivity index (χ0) is 15.8. The van der Waals surface area contributed by atoms with E-state index in [1.807, 2.05) is 0 Å². The van der Waals surface area contributed by atoms with Crippen molar-refractivity contribution in [3.8, 4) is 0 Å². The zero-order valence-corrected chi connectivity index (χ0v) is 13.1. The van der Waals surface area contributed by atoms with Gasteiger partial charge in [0.2, 0.25) is 11.8 Å². The van der Waals surface area contributed by atoms with E-state index in [1.54, 1.807) is 14.0 Å². The Bertz CT molecular complexity index is 476. The molecule has 1 rings (SSSR count). The highest BCUT2D eigenvalue weighted by molar-refractivity contribution is 5.60. The number of hydrogen-bond donors (Lipinski definition) is 2. The van der Waals surface area contributed by atoms with E-state index in [0.717, 1.165) is 26.1 Å². The molecule has 8 nitrogen and oxygen atoms in total. The van der Waals surface area contributed by atoms with E-state index < -0.39 is 4.92 Å². The van der Waals surface area contributed by atoms with Crippen LogP contribution in [0.15, 0.2) is 0 Å². The molecule has 0 saturated carbocycles. The minimum absolute atomic E-state index is 0.0585. The maximum Gasteiger partial charge on any atom is 0.332 e. The Morgan fingerprint density at radius 2 is 1.95 bits per heavy atom. The topological polar surface area (TPSA) is 96.2 Å². The van der Waals surface area contributed by atoms with E-state index in [-0.39, 0.29) is 11.5 Å². The standard InChI is InChI=1S/C13H24N6O2/c1-5-18(6-2)9-7-8-15-12-11(19(20)21)10(3)16-13(14-4)17-12/h5-9H2,1-4H3,(H2,14,15,16,17). The van der Waals surface area contributed by atoms with Crippen molar-refractivity contribution < 1.29 is 4.92 Å². The summed E-state index contributed by atoms with van der Waals surface area (Å²) >= 11 is 0. The molecule has 0 amide bonds. The number of nitrogens with one attached hydrogen (secondary N) is 2. The Morgan fingerprint density at radius 1 is 1.29 bits per heavy atom. The molecular weight excluding hydrogens is 272 g/mol. The third kappa shape index (κ3) is 4.82. The smallest absolute Gasteiger partial charge is 0.332 e. The minimum atomic E-state index is -0.443. The molecule has 0 spiro atoms. The molecule has 118 valence electrons. The highest BCUT2D eigenvalue weighted by atomic mass is 16.6. The highest BCUT2D eigenvalue weighted by Crippen LogP contribution is 2.26. The zero-order valence-electron chi connectivity index (χ0n) is 13.1. The van der Waals surface area contributed by atoms with Crippen LogP contribution in [0.4, 0.5) is 17.5 Å². The van der Waals surface area contributed by atoms with Crippen LogP contribution < -0.4 is 10.6 Å². The van der Waals surface area contributed by atoms with Crippen LogP contribution in [-0.2, 0) is 0 Å². The normalized spacial score (nSPS) is 10.7. The molecule has 8 heteroatoms. The van der Waals surface area contributed by atoms with E-state index in [1.165, 1.54) is 0 Å². The summed E-state index contributed by atoms with van der Waals surface area (Å²) in [5.74, 6) is 0.653. The van der Waals surface area contributed by atoms with E-state index >= 15 is 0 Å². The van der Waals surface area contributed by atoms with Crippen LogP contribution in [0.3, 0.4) is 0 Å². The molecule has 0 aliphatic heterocycles. The lowest BCUT2D eigenvalue weighted by Gasteiger charge is -2.17.